The highest BCUT2D eigenvalue weighted by molar-refractivity contribution is 5.85. The van der Waals surface area contributed by atoms with Crippen LogP contribution in [0.4, 0.5) is 0 Å². The van der Waals surface area contributed by atoms with Crippen LogP contribution in [0.25, 0.3) is 0 Å². The molecular formula is C27H32N2O2. The number of nitrogens with zero attached hydrogens (tertiary/aromatic N) is 1. The first kappa shape index (κ1) is 22.5. The van der Waals surface area contributed by atoms with Gasteiger partial charge in [0, 0.05) is 24.2 Å². The summed E-state index contributed by atoms with van der Waals surface area (Å²) in [5, 5.41) is 3.23. The van der Waals surface area contributed by atoms with E-state index in [9.17, 15) is 4.79 Å². The Morgan fingerprint density at radius 2 is 1.71 bits per heavy atom. The largest absolute Gasteiger partial charge is 0.461 e. The number of amides is 1. The molecule has 0 saturated heterocycles. The minimum Gasteiger partial charge on any atom is -0.461 e. The molecule has 0 aliphatic rings. The second-order valence-corrected chi connectivity index (χ2v) is 8.32. The van der Waals surface area contributed by atoms with E-state index in [1.165, 1.54) is 16.7 Å². The first-order valence-corrected chi connectivity index (χ1v) is 10.9. The van der Waals surface area contributed by atoms with Crippen LogP contribution >= 0.6 is 0 Å². The number of rotatable bonds is 9. The summed E-state index contributed by atoms with van der Waals surface area (Å²) in [6, 6.07) is 24.4. The molecule has 1 amide bonds. The number of ether oxygens (including phenoxy) is 1. The van der Waals surface area contributed by atoms with Crippen molar-refractivity contribution >= 4 is 5.91 Å². The molecular weight excluding hydrogens is 384 g/mol. The Kier molecular flexibility index (Phi) is 7.45. The number of benzene rings is 2. The molecule has 1 heterocycles. The zero-order valence-corrected chi connectivity index (χ0v) is 18.8. The molecule has 1 N–H and O–H groups in total. The quantitative estimate of drug-likeness (QED) is 0.503. The van der Waals surface area contributed by atoms with Crippen molar-refractivity contribution in [1.29, 1.82) is 0 Å². The Hall–Kier alpha value is -3.14. The van der Waals surface area contributed by atoms with Crippen molar-refractivity contribution in [3.63, 3.8) is 0 Å². The first-order valence-electron chi connectivity index (χ1n) is 10.9. The lowest BCUT2D eigenvalue weighted by Gasteiger charge is -2.32. The van der Waals surface area contributed by atoms with Crippen LogP contribution in [0.15, 0.2) is 79.0 Å². The highest BCUT2D eigenvalue weighted by Gasteiger charge is 2.36. The molecule has 3 aromatic rings. The van der Waals surface area contributed by atoms with Gasteiger partial charge in [0.15, 0.2) is 5.60 Å². The van der Waals surface area contributed by atoms with E-state index in [0.29, 0.717) is 12.3 Å². The zero-order chi connectivity index (χ0) is 22.3. The van der Waals surface area contributed by atoms with E-state index in [2.05, 4.69) is 60.5 Å². The normalized spacial score (nSPS) is 14.8. The molecule has 3 unspecified atom stereocenters. The fraction of sp³-hybridized carbons (Fsp3) is 0.333. The second kappa shape index (κ2) is 10.3. The Bertz CT molecular complexity index is 958. The Morgan fingerprint density at radius 1 is 1.03 bits per heavy atom. The van der Waals surface area contributed by atoms with Crippen LogP contribution in [0, 0.1) is 6.92 Å². The lowest BCUT2D eigenvalue weighted by Crippen LogP contribution is -2.52. The maximum absolute atomic E-state index is 13.3. The van der Waals surface area contributed by atoms with E-state index in [1.54, 1.807) is 12.3 Å². The van der Waals surface area contributed by atoms with Crippen LogP contribution in [-0.2, 0) is 11.2 Å². The second-order valence-electron chi connectivity index (χ2n) is 8.32. The van der Waals surface area contributed by atoms with Crippen LogP contribution in [0.1, 0.15) is 49.8 Å². The van der Waals surface area contributed by atoms with Crippen LogP contribution in [0.2, 0.25) is 0 Å². The number of pyridine rings is 1. The third kappa shape index (κ3) is 5.94. The first-order chi connectivity index (χ1) is 14.9. The van der Waals surface area contributed by atoms with E-state index < -0.39 is 5.60 Å². The smallest absolute Gasteiger partial charge is 0.264 e. The maximum atomic E-state index is 13.3. The molecule has 0 aliphatic heterocycles. The molecule has 2 aromatic carbocycles. The van der Waals surface area contributed by atoms with Gasteiger partial charge in [-0.05, 0) is 50.8 Å². The van der Waals surface area contributed by atoms with Gasteiger partial charge in [0.05, 0.1) is 0 Å². The molecule has 4 nitrogen and oxygen atoms in total. The summed E-state index contributed by atoms with van der Waals surface area (Å²) in [6.45, 7) is 7.94. The van der Waals surface area contributed by atoms with Gasteiger partial charge < -0.3 is 10.1 Å². The molecule has 3 rings (SSSR count). The predicted molar refractivity (Wildman–Crippen MR) is 125 cm³/mol. The van der Waals surface area contributed by atoms with Gasteiger partial charge in [0.25, 0.3) is 5.91 Å². The minimum atomic E-state index is -0.992. The summed E-state index contributed by atoms with van der Waals surface area (Å²) >= 11 is 0. The highest BCUT2D eigenvalue weighted by atomic mass is 16.5. The van der Waals surface area contributed by atoms with E-state index >= 15 is 0 Å². The van der Waals surface area contributed by atoms with E-state index in [0.717, 1.165) is 6.42 Å². The van der Waals surface area contributed by atoms with Crippen LogP contribution in [-0.4, -0.2) is 22.5 Å². The molecule has 162 valence electrons. The summed E-state index contributed by atoms with van der Waals surface area (Å²) in [7, 11) is 0. The van der Waals surface area contributed by atoms with Gasteiger partial charge in [-0.25, -0.2) is 4.98 Å². The van der Waals surface area contributed by atoms with Crippen molar-refractivity contribution < 1.29 is 9.53 Å². The lowest BCUT2D eigenvalue weighted by molar-refractivity contribution is -0.136. The molecule has 0 bridgehead atoms. The van der Waals surface area contributed by atoms with Gasteiger partial charge in [-0.2, -0.15) is 0 Å². The van der Waals surface area contributed by atoms with E-state index in [-0.39, 0.29) is 17.9 Å². The number of hydrogen-bond acceptors (Lipinski definition) is 3. The van der Waals surface area contributed by atoms with Crippen molar-refractivity contribution in [2.75, 3.05) is 0 Å². The average Bonchev–Trinajstić information content (AvgIpc) is 2.79. The fourth-order valence-corrected chi connectivity index (χ4v) is 3.64. The number of aryl methyl sites for hydroxylation is 1. The molecule has 0 saturated carbocycles. The summed E-state index contributed by atoms with van der Waals surface area (Å²) < 4.78 is 6.01. The Balaban J connectivity index is 1.79. The Morgan fingerprint density at radius 3 is 2.32 bits per heavy atom. The number of carbonyl (C=O) groups excluding carboxylic acids is 1. The van der Waals surface area contributed by atoms with Gasteiger partial charge in [-0.1, -0.05) is 73.2 Å². The number of carbonyl (C=O) groups is 1. The molecule has 3 atom stereocenters. The van der Waals surface area contributed by atoms with E-state index in [1.807, 2.05) is 44.2 Å². The van der Waals surface area contributed by atoms with Gasteiger partial charge in [-0.15, -0.1) is 0 Å². The molecule has 1 aromatic heterocycles. The molecule has 0 aliphatic carbocycles. The third-order valence-corrected chi connectivity index (χ3v) is 5.89. The zero-order valence-electron chi connectivity index (χ0n) is 18.8. The van der Waals surface area contributed by atoms with Gasteiger partial charge in [0.1, 0.15) is 0 Å². The Labute approximate surface area is 185 Å². The van der Waals surface area contributed by atoms with Crippen molar-refractivity contribution in [1.82, 2.24) is 10.3 Å². The molecule has 4 heteroatoms. The number of hydrogen-bond donors (Lipinski definition) is 1. The SMILES string of the molecule is CCC(C)(Oc1ccccn1)C(=O)NC(C)C(Cc1ccc(C)cc1)c1ccccc1. The molecule has 0 fully saturated rings. The fourth-order valence-electron chi connectivity index (χ4n) is 3.64. The monoisotopic (exact) mass is 416 g/mol. The van der Waals surface area contributed by atoms with Crippen molar-refractivity contribution in [2.45, 2.75) is 58.1 Å². The van der Waals surface area contributed by atoms with Crippen molar-refractivity contribution in [3.05, 3.63) is 95.7 Å². The number of aromatic nitrogens is 1. The molecule has 0 radical (unpaired) electrons. The standard InChI is InChI=1S/C27H32N2O2/c1-5-27(4,31-25-13-9-10-18-28-25)26(30)29-21(3)24(23-11-7-6-8-12-23)19-22-16-14-20(2)15-17-22/h6-18,21,24H,5,19H2,1-4H3,(H,29,30). The van der Waals surface area contributed by atoms with Crippen LogP contribution in [0.3, 0.4) is 0 Å². The maximum Gasteiger partial charge on any atom is 0.264 e. The predicted octanol–water partition coefficient (Wildman–Crippen LogP) is 5.47. The van der Waals surface area contributed by atoms with Crippen LogP contribution in [0.5, 0.6) is 5.88 Å². The van der Waals surface area contributed by atoms with Gasteiger partial charge >= 0.3 is 0 Å². The summed E-state index contributed by atoms with van der Waals surface area (Å²) in [5.41, 5.74) is 2.71. The van der Waals surface area contributed by atoms with Crippen molar-refractivity contribution in [3.8, 4) is 5.88 Å². The lowest BCUT2D eigenvalue weighted by atomic mass is 9.86. The molecule has 0 spiro atoms. The highest BCUT2D eigenvalue weighted by Crippen LogP contribution is 2.26. The minimum absolute atomic E-state index is 0.0746. The van der Waals surface area contributed by atoms with Crippen LogP contribution < -0.4 is 10.1 Å². The number of nitrogens with one attached hydrogen (secondary N) is 1. The summed E-state index contributed by atoms with van der Waals surface area (Å²) in [6.07, 6.45) is 3.05. The topological polar surface area (TPSA) is 51.2 Å². The van der Waals surface area contributed by atoms with Crippen molar-refractivity contribution in [2.24, 2.45) is 0 Å². The van der Waals surface area contributed by atoms with Gasteiger partial charge in [-0.3, -0.25) is 4.79 Å². The summed E-state index contributed by atoms with van der Waals surface area (Å²) in [4.78, 5) is 17.5. The molecule has 31 heavy (non-hydrogen) atoms. The summed E-state index contributed by atoms with van der Waals surface area (Å²) in [5.74, 6) is 0.468. The van der Waals surface area contributed by atoms with E-state index in [4.69, 9.17) is 4.74 Å². The average molecular weight is 417 g/mol. The third-order valence-electron chi connectivity index (χ3n) is 5.89. The van der Waals surface area contributed by atoms with Gasteiger partial charge in [0.2, 0.25) is 5.88 Å².